The van der Waals surface area contributed by atoms with E-state index in [4.69, 9.17) is 39.5 Å². The highest BCUT2D eigenvalue weighted by atomic mass is 35.5. The topological polar surface area (TPSA) is 66.0 Å². The van der Waals surface area contributed by atoms with Crippen LogP contribution in [0.15, 0.2) is 36.5 Å². The van der Waals surface area contributed by atoms with Crippen LogP contribution < -0.4 is 0 Å². The largest absolute Gasteiger partial charge is 0.615 e. The molecule has 1 aliphatic heterocycles. The quantitative estimate of drug-likeness (QED) is 0.379. The van der Waals surface area contributed by atoms with E-state index in [1.54, 1.807) is 0 Å². The summed E-state index contributed by atoms with van der Waals surface area (Å²) in [5.74, 6) is -0.538. The number of hydrogen-bond donors (Lipinski definition) is 0. The lowest BCUT2D eigenvalue weighted by atomic mass is 10.1. The second kappa shape index (κ2) is 7.08. The molecule has 12 heteroatoms. The molecular weight excluding hydrogens is 456 g/mol. The SMILES string of the molecule is [O-][N+]1=C(c2cc(C(F)(F)F)nn2-c2ncccc2Cl)OCc2cc(Cl)cc(Cl)c21. The summed E-state index contributed by atoms with van der Waals surface area (Å²) in [7, 11) is 0. The Kier molecular flexibility index (Phi) is 4.84. The molecule has 0 fully saturated rings. The minimum Gasteiger partial charge on any atom is -0.615 e. The Morgan fingerprint density at radius 1 is 1.14 bits per heavy atom. The van der Waals surface area contributed by atoms with Gasteiger partial charge >= 0.3 is 12.1 Å². The van der Waals surface area contributed by atoms with Gasteiger partial charge in [-0.15, -0.1) is 4.74 Å². The first kappa shape index (κ1) is 19.8. The van der Waals surface area contributed by atoms with Crippen LogP contribution in [0.4, 0.5) is 18.9 Å². The van der Waals surface area contributed by atoms with Gasteiger partial charge in [0, 0.05) is 17.3 Å². The van der Waals surface area contributed by atoms with Crippen molar-refractivity contribution in [3.63, 3.8) is 0 Å². The summed E-state index contributed by atoms with van der Waals surface area (Å²) in [6.45, 7) is -0.133. The Hall–Kier alpha value is -2.49. The van der Waals surface area contributed by atoms with E-state index in [0.29, 0.717) is 21.4 Å². The molecule has 0 bridgehead atoms. The summed E-state index contributed by atoms with van der Waals surface area (Å²) in [5, 5.41) is 16.8. The molecular formula is C17H8Cl3F3N4O2. The molecule has 4 rings (SSSR count). The molecule has 0 radical (unpaired) electrons. The highest BCUT2D eigenvalue weighted by Crippen LogP contribution is 2.37. The second-order valence-corrected chi connectivity index (χ2v) is 7.17. The van der Waals surface area contributed by atoms with Gasteiger partial charge in [-0.3, -0.25) is 0 Å². The number of hydrogen-bond acceptors (Lipinski definition) is 4. The van der Waals surface area contributed by atoms with Crippen LogP contribution in [-0.4, -0.2) is 25.4 Å². The van der Waals surface area contributed by atoms with Crippen molar-refractivity contribution < 1.29 is 22.6 Å². The molecule has 0 saturated carbocycles. The Morgan fingerprint density at radius 2 is 1.90 bits per heavy atom. The van der Waals surface area contributed by atoms with Gasteiger partial charge in [-0.25, -0.2) is 9.67 Å². The first-order valence-electron chi connectivity index (χ1n) is 7.90. The fraction of sp³-hybridized carbons (Fsp3) is 0.118. The number of pyridine rings is 1. The van der Waals surface area contributed by atoms with Crippen LogP contribution >= 0.6 is 34.8 Å². The predicted molar refractivity (Wildman–Crippen MR) is 100 cm³/mol. The van der Waals surface area contributed by atoms with Crippen LogP contribution in [0.25, 0.3) is 5.82 Å². The zero-order chi connectivity index (χ0) is 20.9. The Morgan fingerprint density at radius 3 is 2.59 bits per heavy atom. The molecule has 150 valence electrons. The van der Waals surface area contributed by atoms with Gasteiger partial charge in [0.1, 0.15) is 11.6 Å². The van der Waals surface area contributed by atoms with Crippen LogP contribution in [0.5, 0.6) is 0 Å². The van der Waals surface area contributed by atoms with Crippen molar-refractivity contribution in [3.8, 4) is 5.82 Å². The van der Waals surface area contributed by atoms with Gasteiger partial charge in [0.05, 0.1) is 10.6 Å². The standard InChI is InChI=1S/C17H8Cl3F3N4O2/c18-9-4-8-7-29-16(27(28)14(8)11(20)5-9)12-6-13(17(21,22)23)25-26(12)15-10(19)2-1-3-24-15/h1-6H,7H2. The summed E-state index contributed by atoms with van der Waals surface area (Å²) >= 11 is 18.1. The molecule has 0 unspecified atom stereocenters. The number of aromatic nitrogens is 3. The number of alkyl halides is 3. The van der Waals surface area contributed by atoms with Gasteiger partial charge in [-0.2, -0.15) is 18.3 Å². The number of halogens is 6. The van der Waals surface area contributed by atoms with Crippen molar-refractivity contribution in [1.82, 2.24) is 14.8 Å². The van der Waals surface area contributed by atoms with E-state index < -0.39 is 17.8 Å². The monoisotopic (exact) mass is 462 g/mol. The summed E-state index contributed by atoms with van der Waals surface area (Å²) in [6.07, 6.45) is -3.44. The minimum absolute atomic E-state index is 0.0192. The fourth-order valence-corrected chi connectivity index (χ4v) is 3.62. The maximum atomic E-state index is 13.3. The van der Waals surface area contributed by atoms with Gasteiger partial charge < -0.3 is 9.94 Å². The first-order chi connectivity index (χ1) is 13.7. The summed E-state index contributed by atoms with van der Waals surface area (Å²) in [4.78, 5) is 3.97. The molecule has 0 amide bonds. The minimum atomic E-state index is -4.77. The molecule has 1 aliphatic rings. The van der Waals surface area contributed by atoms with E-state index in [1.165, 1.54) is 30.5 Å². The van der Waals surface area contributed by atoms with Crippen molar-refractivity contribution >= 4 is 46.4 Å². The molecule has 29 heavy (non-hydrogen) atoms. The van der Waals surface area contributed by atoms with E-state index in [0.717, 1.165) is 4.68 Å². The van der Waals surface area contributed by atoms with Crippen molar-refractivity contribution in [2.75, 3.05) is 0 Å². The average molecular weight is 464 g/mol. The van der Waals surface area contributed by atoms with Gasteiger partial charge in [0.2, 0.25) is 5.69 Å². The molecule has 3 heterocycles. The average Bonchev–Trinajstić information content (AvgIpc) is 3.07. The van der Waals surface area contributed by atoms with Crippen molar-refractivity contribution in [1.29, 1.82) is 0 Å². The zero-order valence-electron chi connectivity index (χ0n) is 14.0. The highest BCUT2D eigenvalue weighted by Gasteiger charge is 2.39. The lowest BCUT2D eigenvalue weighted by Gasteiger charge is -2.19. The number of fused-ring (bicyclic) bond motifs is 1. The second-order valence-electron chi connectivity index (χ2n) is 5.92. The lowest BCUT2D eigenvalue weighted by Crippen LogP contribution is -2.25. The van der Waals surface area contributed by atoms with E-state index in [2.05, 4.69) is 10.1 Å². The number of benzene rings is 1. The van der Waals surface area contributed by atoms with Crippen LogP contribution in [0, 0.1) is 5.21 Å². The van der Waals surface area contributed by atoms with Crippen LogP contribution in [0.1, 0.15) is 17.0 Å². The molecule has 0 N–H and O–H groups in total. The normalized spacial score (nSPS) is 14.0. The fourth-order valence-electron chi connectivity index (χ4n) is 2.81. The van der Waals surface area contributed by atoms with Gasteiger partial charge in [0.25, 0.3) is 0 Å². The summed E-state index contributed by atoms with van der Waals surface area (Å²) in [6, 6.07) is 6.45. The predicted octanol–water partition coefficient (Wildman–Crippen LogP) is 5.37. The number of rotatable bonds is 2. The lowest BCUT2D eigenvalue weighted by molar-refractivity contribution is -0.379. The molecule has 0 aliphatic carbocycles. The number of ether oxygens (including phenoxy) is 1. The number of nitrogens with zero attached hydrogens (tertiary/aromatic N) is 4. The summed E-state index contributed by atoms with van der Waals surface area (Å²) in [5.41, 5.74) is -1.12. The van der Waals surface area contributed by atoms with Gasteiger partial charge in [-0.05, 0) is 24.3 Å². The zero-order valence-corrected chi connectivity index (χ0v) is 16.3. The third-order valence-electron chi connectivity index (χ3n) is 4.02. The van der Waals surface area contributed by atoms with Crippen molar-refractivity contribution in [2.24, 2.45) is 0 Å². The molecule has 2 aromatic heterocycles. The van der Waals surface area contributed by atoms with Crippen LogP contribution in [-0.2, 0) is 17.5 Å². The van der Waals surface area contributed by atoms with Gasteiger partial charge in [0.15, 0.2) is 17.2 Å². The van der Waals surface area contributed by atoms with Crippen LogP contribution in [0.2, 0.25) is 15.1 Å². The summed E-state index contributed by atoms with van der Waals surface area (Å²) < 4.78 is 46.5. The maximum absolute atomic E-state index is 13.3. The molecule has 1 aromatic carbocycles. The van der Waals surface area contributed by atoms with E-state index in [1.807, 2.05) is 0 Å². The molecule has 0 spiro atoms. The van der Waals surface area contributed by atoms with E-state index >= 15 is 0 Å². The smallest absolute Gasteiger partial charge is 0.435 e. The third-order valence-corrected chi connectivity index (χ3v) is 4.82. The van der Waals surface area contributed by atoms with E-state index in [9.17, 15) is 18.4 Å². The highest BCUT2D eigenvalue weighted by molar-refractivity contribution is 6.36. The molecule has 0 atom stereocenters. The Balaban J connectivity index is 1.97. The Labute approximate surface area is 176 Å². The Bertz CT molecular complexity index is 1160. The molecule has 3 aromatic rings. The van der Waals surface area contributed by atoms with Gasteiger partial charge in [-0.1, -0.05) is 34.8 Å². The maximum Gasteiger partial charge on any atom is 0.435 e. The third kappa shape index (κ3) is 3.50. The van der Waals surface area contributed by atoms with Crippen LogP contribution in [0.3, 0.4) is 0 Å². The molecule has 0 saturated heterocycles. The van der Waals surface area contributed by atoms with E-state index in [-0.39, 0.29) is 33.9 Å². The first-order valence-corrected chi connectivity index (χ1v) is 9.03. The van der Waals surface area contributed by atoms with Crippen molar-refractivity contribution in [3.05, 3.63) is 73.8 Å². The molecule has 6 nitrogen and oxygen atoms in total. The van der Waals surface area contributed by atoms with Crippen molar-refractivity contribution in [2.45, 2.75) is 12.8 Å².